The second-order valence-electron chi connectivity index (χ2n) is 5.40. The van der Waals surface area contributed by atoms with Crippen molar-refractivity contribution in [3.8, 4) is 5.75 Å². The Hall–Kier alpha value is -1.69. The largest absolute Gasteiger partial charge is 0.480 e. The molecular weight excluding hydrogens is 280 g/mol. The highest BCUT2D eigenvalue weighted by atomic mass is 19.3. The number of carbonyl (C=O) groups is 1. The molecule has 1 aliphatic rings. The Morgan fingerprint density at radius 1 is 1.43 bits per heavy atom. The normalized spacial score (nSPS) is 19.2. The van der Waals surface area contributed by atoms with Crippen LogP contribution in [-0.2, 0) is 11.3 Å². The number of alkyl halides is 2. The number of ether oxygens (including phenoxy) is 1. The fourth-order valence-electron chi connectivity index (χ4n) is 2.94. The lowest BCUT2D eigenvalue weighted by molar-refractivity contribution is -0.142. The number of hydrogen-bond donors (Lipinski definition) is 1. The van der Waals surface area contributed by atoms with E-state index in [4.69, 9.17) is 5.11 Å². The molecule has 1 heterocycles. The van der Waals surface area contributed by atoms with E-state index < -0.39 is 18.6 Å². The van der Waals surface area contributed by atoms with Crippen LogP contribution in [0.15, 0.2) is 12.1 Å². The van der Waals surface area contributed by atoms with Crippen molar-refractivity contribution in [1.82, 2.24) is 4.90 Å². The van der Waals surface area contributed by atoms with Crippen LogP contribution in [0.1, 0.15) is 29.5 Å². The van der Waals surface area contributed by atoms with Crippen molar-refractivity contribution in [1.29, 1.82) is 0 Å². The van der Waals surface area contributed by atoms with E-state index in [-0.39, 0.29) is 5.75 Å². The molecule has 21 heavy (non-hydrogen) atoms. The number of carboxylic acids is 1. The van der Waals surface area contributed by atoms with Crippen molar-refractivity contribution in [2.75, 3.05) is 6.54 Å². The molecule has 1 aromatic carbocycles. The fourth-order valence-corrected chi connectivity index (χ4v) is 2.94. The van der Waals surface area contributed by atoms with E-state index in [2.05, 4.69) is 4.74 Å². The van der Waals surface area contributed by atoms with Crippen LogP contribution in [0.25, 0.3) is 0 Å². The van der Waals surface area contributed by atoms with Gasteiger partial charge in [0.05, 0.1) is 0 Å². The molecule has 0 aromatic heterocycles. The number of rotatable bonds is 5. The minimum absolute atomic E-state index is 0.199. The first-order valence-corrected chi connectivity index (χ1v) is 6.90. The molecule has 1 atom stereocenters. The summed E-state index contributed by atoms with van der Waals surface area (Å²) in [6.45, 7) is 1.83. The number of halogens is 2. The van der Waals surface area contributed by atoms with E-state index in [9.17, 15) is 13.6 Å². The zero-order chi connectivity index (χ0) is 15.6. The van der Waals surface area contributed by atoms with Gasteiger partial charge in [0.2, 0.25) is 0 Å². The van der Waals surface area contributed by atoms with Crippen LogP contribution in [0.2, 0.25) is 0 Å². The van der Waals surface area contributed by atoms with Crippen LogP contribution < -0.4 is 4.74 Å². The van der Waals surface area contributed by atoms with Gasteiger partial charge in [-0.1, -0.05) is 12.1 Å². The van der Waals surface area contributed by atoms with Gasteiger partial charge < -0.3 is 9.84 Å². The second-order valence-corrected chi connectivity index (χ2v) is 5.40. The summed E-state index contributed by atoms with van der Waals surface area (Å²) in [5.74, 6) is -0.608. The Kier molecular flexibility index (Phi) is 4.77. The number of nitrogens with zero attached hydrogens (tertiary/aromatic N) is 1. The van der Waals surface area contributed by atoms with Crippen LogP contribution in [0.5, 0.6) is 5.75 Å². The maximum Gasteiger partial charge on any atom is 0.387 e. The molecule has 1 fully saturated rings. The number of carboxylic acid groups (broad SMARTS) is 1. The minimum Gasteiger partial charge on any atom is -0.480 e. The van der Waals surface area contributed by atoms with Crippen LogP contribution >= 0.6 is 0 Å². The quantitative estimate of drug-likeness (QED) is 0.908. The third-order valence-corrected chi connectivity index (χ3v) is 3.76. The van der Waals surface area contributed by atoms with Gasteiger partial charge in [-0.2, -0.15) is 8.78 Å². The molecule has 1 aromatic rings. The first-order chi connectivity index (χ1) is 9.88. The highest BCUT2D eigenvalue weighted by Gasteiger charge is 2.30. The standard InChI is InChI=1S/C15H19F2NO3/c1-9-6-11(7-10(2)13(9)21-15(16)17)8-18-5-3-4-12(18)14(19)20/h6-7,12,15H,3-5,8H2,1-2H3,(H,19,20)/t12-/m1/s1. The van der Waals surface area contributed by atoms with E-state index in [0.29, 0.717) is 24.1 Å². The van der Waals surface area contributed by atoms with E-state index >= 15 is 0 Å². The number of aryl methyl sites for hydroxylation is 2. The number of hydrogen-bond acceptors (Lipinski definition) is 3. The van der Waals surface area contributed by atoms with Crippen molar-refractivity contribution < 1.29 is 23.4 Å². The van der Waals surface area contributed by atoms with Gasteiger partial charge in [-0.25, -0.2) is 0 Å². The summed E-state index contributed by atoms with van der Waals surface area (Å²) in [7, 11) is 0. The van der Waals surface area contributed by atoms with Crippen LogP contribution in [0.3, 0.4) is 0 Å². The SMILES string of the molecule is Cc1cc(CN2CCC[C@@H]2C(=O)O)cc(C)c1OC(F)F. The molecule has 116 valence electrons. The van der Waals surface area contributed by atoms with Gasteiger partial charge in [-0.15, -0.1) is 0 Å². The predicted octanol–water partition coefficient (Wildman–Crippen LogP) is 2.95. The highest BCUT2D eigenvalue weighted by molar-refractivity contribution is 5.73. The van der Waals surface area contributed by atoms with Crippen molar-refractivity contribution in [3.05, 3.63) is 28.8 Å². The molecule has 1 aliphatic heterocycles. The van der Waals surface area contributed by atoms with Crippen LogP contribution in [0.4, 0.5) is 8.78 Å². The Morgan fingerprint density at radius 2 is 2.05 bits per heavy atom. The topological polar surface area (TPSA) is 49.8 Å². The van der Waals surface area contributed by atoms with Crippen molar-refractivity contribution in [2.45, 2.75) is 45.9 Å². The van der Waals surface area contributed by atoms with Crippen molar-refractivity contribution in [3.63, 3.8) is 0 Å². The van der Waals surface area contributed by atoms with Crippen molar-refractivity contribution >= 4 is 5.97 Å². The summed E-state index contributed by atoms with van der Waals surface area (Å²) < 4.78 is 29.2. The molecule has 0 spiro atoms. The summed E-state index contributed by atoms with van der Waals surface area (Å²) in [5, 5.41) is 9.17. The number of benzene rings is 1. The maximum absolute atomic E-state index is 12.4. The molecule has 0 bridgehead atoms. The highest BCUT2D eigenvalue weighted by Crippen LogP contribution is 2.28. The molecule has 0 unspecified atom stereocenters. The molecule has 1 saturated heterocycles. The lowest BCUT2D eigenvalue weighted by Gasteiger charge is -2.22. The summed E-state index contributed by atoms with van der Waals surface area (Å²) in [6.07, 6.45) is 1.52. The van der Waals surface area contributed by atoms with Gasteiger partial charge in [0.15, 0.2) is 0 Å². The number of aliphatic carboxylic acids is 1. The first-order valence-electron chi connectivity index (χ1n) is 6.90. The lowest BCUT2D eigenvalue weighted by atomic mass is 10.0. The zero-order valence-corrected chi connectivity index (χ0v) is 12.1. The number of likely N-dealkylation sites (tertiary alicyclic amines) is 1. The Bertz CT molecular complexity index is 511. The third kappa shape index (κ3) is 3.69. The lowest BCUT2D eigenvalue weighted by Crippen LogP contribution is -2.35. The summed E-state index contributed by atoms with van der Waals surface area (Å²) in [5.41, 5.74) is 2.19. The Balaban J connectivity index is 2.16. The minimum atomic E-state index is -2.84. The molecular formula is C15H19F2NO3. The average Bonchev–Trinajstić information content (AvgIpc) is 2.82. The molecule has 4 nitrogen and oxygen atoms in total. The van der Waals surface area contributed by atoms with Gasteiger partial charge >= 0.3 is 12.6 Å². The molecule has 0 radical (unpaired) electrons. The monoisotopic (exact) mass is 299 g/mol. The molecule has 0 aliphatic carbocycles. The smallest absolute Gasteiger partial charge is 0.387 e. The molecule has 1 N–H and O–H groups in total. The second kappa shape index (κ2) is 6.39. The maximum atomic E-state index is 12.4. The van der Waals surface area contributed by atoms with E-state index in [0.717, 1.165) is 18.5 Å². The third-order valence-electron chi connectivity index (χ3n) is 3.76. The average molecular weight is 299 g/mol. The van der Waals surface area contributed by atoms with Crippen molar-refractivity contribution in [2.24, 2.45) is 0 Å². The summed E-state index contributed by atoms with van der Waals surface area (Å²) >= 11 is 0. The van der Waals surface area contributed by atoms with E-state index in [1.54, 1.807) is 26.0 Å². The molecule has 0 amide bonds. The first kappa shape index (κ1) is 15.7. The Morgan fingerprint density at radius 3 is 2.57 bits per heavy atom. The summed E-state index contributed by atoms with van der Waals surface area (Å²) in [6, 6.07) is 3.10. The van der Waals surface area contributed by atoms with Gasteiger partial charge in [-0.05, 0) is 49.9 Å². The predicted molar refractivity (Wildman–Crippen MR) is 73.6 cm³/mol. The zero-order valence-electron chi connectivity index (χ0n) is 12.1. The van der Waals surface area contributed by atoms with Gasteiger partial charge in [0.1, 0.15) is 11.8 Å². The summed E-state index contributed by atoms with van der Waals surface area (Å²) in [4.78, 5) is 13.1. The molecule has 0 saturated carbocycles. The fraction of sp³-hybridized carbons (Fsp3) is 0.533. The van der Waals surface area contributed by atoms with Gasteiger partial charge in [0, 0.05) is 6.54 Å². The molecule has 2 rings (SSSR count). The van der Waals surface area contributed by atoms with Gasteiger partial charge in [0.25, 0.3) is 0 Å². The molecule has 6 heteroatoms. The van der Waals surface area contributed by atoms with E-state index in [1.807, 2.05) is 4.90 Å². The van der Waals surface area contributed by atoms with Crippen LogP contribution in [0, 0.1) is 13.8 Å². The van der Waals surface area contributed by atoms with Crippen LogP contribution in [-0.4, -0.2) is 35.2 Å². The van der Waals surface area contributed by atoms with E-state index in [1.165, 1.54) is 0 Å². The Labute approximate surface area is 122 Å². The van der Waals surface area contributed by atoms with Gasteiger partial charge in [-0.3, -0.25) is 9.69 Å².